The summed E-state index contributed by atoms with van der Waals surface area (Å²) in [5.41, 5.74) is 5.54. The molecule has 0 unspecified atom stereocenters. The predicted molar refractivity (Wildman–Crippen MR) is 65.9 cm³/mol. The molecule has 1 amide bonds. The zero-order valence-electron chi connectivity index (χ0n) is 10.8. The summed E-state index contributed by atoms with van der Waals surface area (Å²) >= 11 is 0. The average molecular weight is 237 g/mol. The standard InChI is InChI=1S/C13H19NO3/c1-5-17-14-12(15)8-16-13-10(3)6-9(2)7-11(13)4/h6-7H,5,8H2,1-4H3,(H,14,15). The Morgan fingerprint density at radius 3 is 2.35 bits per heavy atom. The molecule has 4 heteroatoms. The van der Waals surface area contributed by atoms with Gasteiger partial charge < -0.3 is 4.74 Å². The van der Waals surface area contributed by atoms with Crippen molar-refractivity contribution in [2.24, 2.45) is 0 Å². The van der Waals surface area contributed by atoms with E-state index >= 15 is 0 Å². The first kappa shape index (κ1) is 13.5. The van der Waals surface area contributed by atoms with Crippen molar-refractivity contribution < 1.29 is 14.4 Å². The number of hydrogen-bond donors (Lipinski definition) is 1. The largest absolute Gasteiger partial charge is 0.483 e. The number of rotatable bonds is 5. The third-order valence-corrected chi connectivity index (χ3v) is 2.28. The van der Waals surface area contributed by atoms with Crippen molar-refractivity contribution in [1.29, 1.82) is 0 Å². The molecule has 0 heterocycles. The van der Waals surface area contributed by atoms with Gasteiger partial charge in [0.25, 0.3) is 5.91 Å². The summed E-state index contributed by atoms with van der Waals surface area (Å²) in [6.07, 6.45) is 0. The van der Waals surface area contributed by atoms with Crippen LogP contribution >= 0.6 is 0 Å². The summed E-state index contributed by atoms with van der Waals surface area (Å²) < 4.78 is 5.49. The van der Waals surface area contributed by atoms with Gasteiger partial charge in [-0.15, -0.1) is 0 Å². The van der Waals surface area contributed by atoms with E-state index in [1.807, 2.05) is 32.9 Å². The van der Waals surface area contributed by atoms with Gasteiger partial charge in [0.1, 0.15) is 5.75 Å². The molecule has 0 aliphatic rings. The van der Waals surface area contributed by atoms with Crippen LogP contribution in [-0.2, 0) is 9.63 Å². The summed E-state index contributed by atoms with van der Waals surface area (Å²) in [7, 11) is 0. The fourth-order valence-corrected chi connectivity index (χ4v) is 1.71. The van der Waals surface area contributed by atoms with Gasteiger partial charge in [0.2, 0.25) is 0 Å². The van der Waals surface area contributed by atoms with Gasteiger partial charge >= 0.3 is 0 Å². The van der Waals surface area contributed by atoms with Crippen LogP contribution in [0.3, 0.4) is 0 Å². The van der Waals surface area contributed by atoms with Gasteiger partial charge in [-0.3, -0.25) is 9.63 Å². The molecule has 0 spiro atoms. The molecule has 94 valence electrons. The van der Waals surface area contributed by atoms with Crippen molar-refractivity contribution in [2.75, 3.05) is 13.2 Å². The monoisotopic (exact) mass is 237 g/mol. The number of carbonyl (C=O) groups excluding carboxylic acids is 1. The first-order valence-electron chi connectivity index (χ1n) is 5.66. The van der Waals surface area contributed by atoms with Crippen LogP contribution in [0.25, 0.3) is 0 Å². The molecule has 0 saturated carbocycles. The number of ether oxygens (including phenoxy) is 1. The van der Waals surface area contributed by atoms with Gasteiger partial charge in [0.05, 0.1) is 6.61 Å². The van der Waals surface area contributed by atoms with Gasteiger partial charge in [-0.25, -0.2) is 5.48 Å². The van der Waals surface area contributed by atoms with Crippen molar-refractivity contribution in [3.63, 3.8) is 0 Å². The second-order valence-corrected chi connectivity index (χ2v) is 3.97. The number of aryl methyl sites for hydroxylation is 3. The van der Waals surface area contributed by atoms with Crippen LogP contribution in [0.4, 0.5) is 0 Å². The van der Waals surface area contributed by atoms with Crippen LogP contribution in [0, 0.1) is 20.8 Å². The van der Waals surface area contributed by atoms with E-state index in [1.165, 1.54) is 5.56 Å². The molecule has 1 aromatic rings. The van der Waals surface area contributed by atoms with E-state index in [0.29, 0.717) is 6.61 Å². The van der Waals surface area contributed by atoms with Crippen LogP contribution < -0.4 is 10.2 Å². The third kappa shape index (κ3) is 4.07. The minimum absolute atomic E-state index is 0.0370. The van der Waals surface area contributed by atoms with Crippen LogP contribution in [-0.4, -0.2) is 19.1 Å². The van der Waals surface area contributed by atoms with Gasteiger partial charge in [-0.2, -0.15) is 0 Å². The van der Waals surface area contributed by atoms with Crippen LogP contribution in [0.1, 0.15) is 23.6 Å². The zero-order chi connectivity index (χ0) is 12.8. The molecule has 1 aromatic carbocycles. The lowest BCUT2D eigenvalue weighted by molar-refractivity contribution is -0.135. The van der Waals surface area contributed by atoms with Crippen molar-refractivity contribution >= 4 is 5.91 Å². The SMILES string of the molecule is CCONC(=O)COc1c(C)cc(C)cc1C. The third-order valence-electron chi connectivity index (χ3n) is 2.28. The Hall–Kier alpha value is -1.55. The number of nitrogens with one attached hydrogen (secondary N) is 1. The summed E-state index contributed by atoms with van der Waals surface area (Å²) in [6.45, 7) is 8.17. The minimum Gasteiger partial charge on any atom is -0.483 e. The van der Waals surface area contributed by atoms with E-state index in [1.54, 1.807) is 6.92 Å². The van der Waals surface area contributed by atoms with Crippen molar-refractivity contribution in [2.45, 2.75) is 27.7 Å². The first-order chi connectivity index (χ1) is 8.04. The zero-order valence-corrected chi connectivity index (χ0v) is 10.8. The first-order valence-corrected chi connectivity index (χ1v) is 5.66. The molecule has 1 rings (SSSR count). The van der Waals surface area contributed by atoms with Crippen LogP contribution in [0.5, 0.6) is 5.75 Å². The summed E-state index contributed by atoms with van der Waals surface area (Å²) in [5.74, 6) is 0.480. The molecular formula is C13H19NO3. The molecule has 0 aromatic heterocycles. The van der Waals surface area contributed by atoms with Crippen molar-refractivity contribution in [1.82, 2.24) is 5.48 Å². The number of hydrogen-bond acceptors (Lipinski definition) is 3. The maximum absolute atomic E-state index is 11.3. The van der Waals surface area contributed by atoms with E-state index in [0.717, 1.165) is 16.9 Å². The molecular weight excluding hydrogens is 218 g/mol. The van der Waals surface area contributed by atoms with Crippen LogP contribution in [0.2, 0.25) is 0 Å². The van der Waals surface area contributed by atoms with E-state index in [4.69, 9.17) is 9.57 Å². The second-order valence-electron chi connectivity index (χ2n) is 3.97. The normalized spacial score (nSPS) is 10.1. The van der Waals surface area contributed by atoms with Crippen molar-refractivity contribution in [3.8, 4) is 5.75 Å². The molecule has 0 atom stereocenters. The maximum atomic E-state index is 11.3. The fourth-order valence-electron chi connectivity index (χ4n) is 1.71. The van der Waals surface area contributed by atoms with E-state index in [2.05, 4.69) is 5.48 Å². The second kappa shape index (κ2) is 6.25. The number of benzene rings is 1. The maximum Gasteiger partial charge on any atom is 0.281 e. The molecule has 0 aliphatic carbocycles. The van der Waals surface area contributed by atoms with Gasteiger partial charge in [-0.05, 0) is 38.8 Å². The number of amides is 1. The topological polar surface area (TPSA) is 47.6 Å². The summed E-state index contributed by atoms with van der Waals surface area (Å²) in [4.78, 5) is 16.1. The lowest BCUT2D eigenvalue weighted by Gasteiger charge is -2.12. The fraction of sp³-hybridized carbons (Fsp3) is 0.462. The Labute approximate surface area is 102 Å². The molecule has 0 aliphatic heterocycles. The quantitative estimate of drug-likeness (QED) is 0.797. The highest BCUT2D eigenvalue weighted by Gasteiger charge is 2.07. The Morgan fingerprint density at radius 1 is 1.24 bits per heavy atom. The number of hydroxylamine groups is 1. The van der Waals surface area contributed by atoms with E-state index < -0.39 is 0 Å². The van der Waals surface area contributed by atoms with Crippen molar-refractivity contribution in [3.05, 3.63) is 28.8 Å². The van der Waals surface area contributed by atoms with E-state index in [-0.39, 0.29) is 12.5 Å². The molecule has 0 fully saturated rings. The lowest BCUT2D eigenvalue weighted by Crippen LogP contribution is -2.29. The smallest absolute Gasteiger partial charge is 0.281 e. The van der Waals surface area contributed by atoms with E-state index in [9.17, 15) is 4.79 Å². The molecule has 4 nitrogen and oxygen atoms in total. The van der Waals surface area contributed by atoms with Gasteiger partial charge in [-0.1, -0.05) is 17.7 Å². The highest BCUT2D eigenvalue weighted by Crippen LogP contribution is 2.24. The van der Waals surface area contributed by atoms with Gasteiger partial charge in [0, 0.05) is 0 Å². The van der Waals surface area contributed by atoms with Gasteiger partial charge in [0.15, 0.2) is 6.61 Å². The molecule has 0 radical (unpaired) electrons. The molecule has 17 heavy (non-hydrogen) atoms. The molecule has 0 saturated heterocycles. The average Bonchev–Trinajstić information content (AvgIpc) is 2.24. The Balaban J connectivity index is 2.60. The molecule has 0 bridgehead atoms. The summed E-state index contributed by atoms with van der Waals surface area (Å²) in [6, 6.07) is 4.06. The highest BCUT2D eigenvalue weighted by molar-refractivity contribution is 5.76. The Bertz CT molecular complexity index is 379. The highest BCUT2D eigenvalue weighted by atomic mass is 16.7. The molecule has 1 N–H and O–H groups in total. The lowest BCUT2D eigenvalue weighted by atomic mass is 10.1. The minimum atomic E-state index is -0.286. The number of carbonyl (C=O) groups is 1. The van der Waals surface area contributed by atoms with Crippen LogP contribution in [0.15, 0.2) is 12.1 Å². The predicted octanol–water partition coefficient (Wildman–Crippen LogP) is 2.06. The Kier molecular flexibility index (Phi) is 4.97. The Morgan fingerprint density at radius 2 is 1.82 bits per heavy atom. The summed E-state index contributed by atoms with van der Waals surface area (Å²) in [5, 5.41) is 0.